The van der Waals surface area contributed by atoms with Crippen LogP contribution in [0.5, 0.6) is 0 Å². The minimum absolute atomic E-state index is 0.00758. The number of carbonyl (C=O) groups excluding carboxylic acids is 1. The van der Waals surface area contributed by atoms with Crippen LogP contribution in [0.25, 0.3) is 0 Å². The van der Waals surface area contributed by atoms with Crippen molar-refractivity contribution in [1.82, 2.24) is 10.2 Å². The van der Waals surface area contributed by atoms with E-state index in [0.717, 1.165) is 45.2 Å². The van der Waals surface area contributed by atoms with Crippen LogP contribution >= 0.6 is 0 Å². The average molecular weight is 268 g/mol. The predicted molar refractivity (Wildman–Crippen MR) is 78.0 cm³/mol. The van der Waals surface area contributed by atoms with Gasteiger partial charge in [0.15, 0.2) is 0 Å². The Kier molecular flexibility index (Phi) is 6.35. The van der Waals surface area contributed by atoms with Gasteiger partial charge in [0, 0.05) is 25.7 Å². The highest BCUT2D eigenvalue weighted by Gasteiger charge is 2.31. The molecule has 0 aromatic carbocycles. The van der Waals surface area contributed by atoms with Gasteiger partial charge in [0.25, 0.3) is 0 Å². The number of rotatable bonds is 6. The van der Waals surface area contributed by atoms with Crippen LogP contribution in [0, 0.1) is 5.41 Å². The number of hydrogen-bond donors (Lipinski definition) is 2. The third-order valence-electron chi connectivity index (χ3n) is 4.05. The Labute approximate surface area is 116 Å². The number of nitrogens with zero attached hydrogens (tertiary/aromatic N) is 1. The topological polar surface area (TPSA) is 52.6 Å². The Morgan fingerprint density at radius 1 is 1.53 bits per heavy atom. The third-order valence-corrected chi connectivity index (χ3v) is 4.05. The summed E-state index contributed by atoms with van der Waals surface area (Å²) >= 11 is 0. The van der Waals surface area contributed by atoms with Crippen LogP contribution in [0.15, 0.2) is 12.7 Å². The second-order valence-corrected chi connectivity index (χ2v) is 6.03. The molecule has 2 amide bonds. The molecule has 19 heavy (non-hydrogen) atoms. The van der Waals surface area contributed by atoms with Gasteiger partial charge >= 0.3 is 6.03 Å². The minimum Gasteiger partial charge on any atom is -0.396 e. The Bertz CT molecular complexity index is 297. The summed E-state index contributed by atoms with van der Waals surface area (Å²) in [7, 11) is 0. The molecule has 0 spiro atoms. The van der Waals surface area contributed by atoms with Crippen molar-refractivity contribution < 1.29 is 9.90 Å². The number of aliphatic hydroxyl groups excluding tert-OH is 1. The van der Waals surface area contributed by atoms with Crippen LogP contribution in [-0.2, 0) is 0 Å². The largest absolute Gasteiger partial charge is 0.396 e. The standard InChI is InChI=1S/C15H28N2O2/c1-4-5-6-7-13(2)16-14(19)17-10-8-15(3,12-18)9-11-17/h4,13,18H,1,5-12H2,2-3H3,(H,16,19). The van der Waals surface area contributed by atoms with Crippen LogP contribution < -0.4 is 5.32 Å². The molecule has 1 saturated heterocycles. The molecule has 0 aromatic heterocycles. The molecule has 1 unspecified atom stereocenters. The quantitative estimate of drug-likeness (QED) is 0.574. The monoisotopic (exact) mass is 268 g/mol. The van der Waals surface area contributed by atoms with Crippen LogP contribution in [0.3, 0.4) is 0 Å². The highest BCUT2D eigenvalue weighted by molar-refractivity contribution is 5.74. The van der Waals surface area contributed by atoms with E-state index in [4.69, 9.17) is 0 Å². The summed E-state index contributed by atoms with van der Waals surface area (Å²) in [5.41, 5.74) is -0.00758. The number of allylic oxidation sites excluding steroid dienone is 1. The maximum absolute atomic E-state index is 12.1. The van der Waals surface area contributed by atoms with Crippen molar-refractivity contribution in [3.8, 4) is 0 Å². The Balaban J connectivity index is 2.29. The maximum Gasteiger partial charge on any atom is 0.317 e. The van der Waals surface area contributed by atoms with Gasteiger partial charge in [-0.3, -0.25) is 0 Å². The second kappa shape index (κ2) is 7.53. The molecule has 110 valence electrons. The number of aliphatic hydroxyl groups is 1. The van der Waals surface area contributed by atoms with Gasteiger partial charge in [0.1, 0.15) is 0 Å². The molecule has 0 bridgehead atoms. The van der Waals surface area contributed by atoms with E-state index >= 15 is 0 Å². The van der Waals surface area contributed by atoms with Crippen molar-refractivity contribution >= 4 is 6.03 Å². The van der Waals surface area contributed by atoms with E-state index in [1.165, 1.54) is 0 Å². The smallest absolute Gasteiger partial charge is 0.317 e. The zero-order chi connectivity index (χ0) is 14.3. The summed E-state index contributed by atoms with van der Waals surface area (Å²) in [5.74, 6) is 0. The minimum atomic E-state index is -0.00758. The van der Waals surface area contributed by atoms with Gasteiger partial charge in [-0.05, 0) is 44.4 Å². The van der Waals surface area contributed by atoms with Gasteiger partial charge in [0.05, 0.1) is 0 Å². The maximum atomic E-state index is 12.1. The average Bonchev–Trinajstić information content (AvgIpc) is 2.39. The van der Waals surface area contributed by atoms with E-state index in [1.54, 1.807) is 0 Å². The zero-order valence-electron chi connectivity index (χ0n) is 12.3. The molecule has 0 aliphatic carbocycles. The number of unbranched alkanes of at least 4 members (excludes halogenated alkanes) is 1. The molecule has 1 aliphatic rings. The highest BCUT2D eigenvalue weighted by Crippen LogP contribution is 2.29. The molecule has 1 atom stereocenters. The number of nitrogens with one attached hydrogen (secondary N) is 1. The van der Waals surface area contributed by atoms with Crippen molar-refractivity contribution in [3.63, 3.8) is 0 Å². The summed E-state index contributed by atoms with van der Waals surface area (Å²) in [6, 6.07) is 0.240. The summed E-state index contributed by atoms with van der Waals surface area (Å²) in [6.45, 7) is 9.51. The molecule has 0 saturated carbocycles. The van der Waals surface area contributed by atoms with E-state index in [9.17, 15) is 9.90 Å². The van der Waals surface area contributed by atoms with Gasteiger partial charge < -0.3 is 15.3 Å². The number of amides is 2. The van der Waals surface area contributed by atoms with Gasteiger partial charge in [-0.25, -0.2) is 4.79 Å². The van der Waals surface area contributed by atoms with Crippen molar-refractivity contribution in [1.29, 1.82) is 0 Å². The molecule has 1 fully saturated rings. The number of hydrogen-bond acceptors (Lipinski definition) is 2. The van der Waals surface area contributed by atoms with E-state index in [0.29, 0.717) is 0 Å². The lowest BCUT2D eigenvalue weighted by molar-refractivity contribution is 0.0695. The third kappa shape index (κ3) is 5.23. The lowest BCUT2D eigenvalue weighted by atomic mass is 9.81. The molecule has 1 heterocycles. The predicted octanol–water partition coefficient (Wildman–Crippen LogP) is 2.54. The van der Waals surface area contributed by atoms with Gasteiger partial charge in [-0.1, -0.05) is 13.0 Å². The Morgan fingerprint density at radius 3 is 2.68 bits per heavy atom. The van der Waals surface area contributed by atoms with E-state index in [2.05, 4.69) is 18.8 Å². The lowest BCUT2D eigenvalue weighted by Gasteiger charge is -2.38. The highest BCUT2D eigenvalue weighted by atomic mass is 16.3. The summed E-state index contributed by atoms with van der Waals surface area (Å²) in [4.78, 5) is 13.9. The molecule has 2 N–H and O–H groups in total. The van der Waals surface area contributed by atoms with Crippen molar-refractivity contribution in [2.75, 3.05) is 19.7 Å². The van der Waals surface area contributed by atoms with E-state index < -0.39 is 0 Å². The number of carbonyl (C=O) groups is 1. The number of urea groups is 1. The summed E-state index contributed by atoms with van der Waals surface area (Å²) < 4.78 is 0. The van der Waals surface area contributed by atoms with Crippen LogP contribution in [0.4, 0.5) is 4.79 Å². The van der Waals surface area contributed by atoms with Crippen LogP contribution in [0.2, 0.25) is 0 Å². The molecule has 1 aliphatic heterocycles. The molecule has 4 heteroatoms. The number of likely N-dealkylation sites (tertiary alicyclic amines) is 1. The van der Waals surface area contributed by atoms with Gasteiger partial charge in [-0.2, -0.15) is 0 Å². The fourth-order valence-electron chi connectivity index (χ4n) is 2.35. The van der Waals surface area contributed by atoms with Gasteiger partial charge in [0.2, 0.25) is 0 Å². The first-order valence-electron chi connectivity index (χ1n) is 7.28. The van der Waals surface area contributed by atoms with E-state index in [1.807, 2.05) is 17.9 Å². The zero-order valence-corrected chi connectivity index (χ0v) is 12.3. The van der Waals surface area contributed by atoms with Crippen molar-refractivity contribution in [2.24, 2.45) is 5.41 Å². The SMILES string of the molecule is C=CCCCC(C)NC(=O)N1CCC(C)(CO)CC1. The van der Waals surface area contributed by atoms with Gasteiger partial charge in [-0.15, -0.1) is 6.58 Å². The first-order valence-corrected chi connectivity index (χ1v) is 7.28. The fraction of sp³-hybridized carbons (Fsp3) is 0.800. The summed E-state index contributed by atoms with van der Waals surface area (Å²) in [5, 5.41) is 12.4. The molecular weight excluding hydrogens is 240 g/mol. The van der Waals surface area contributed by atoms with Crippen LogP contribution in [0.1, 0.15) is 46.0 Å². The van der Waals surface area contributed by atoms with Crippen molar-refractivity contribution in [2.45, 2.75) is 52.0 Å². The first-order chi connectivity index (χ1) is 9.00. The molecule has 0 aromatic rings. The fourth-order valence-corrected chi connectivity index (χ4v) is 2.35. The number of piperidine rings is 1. The second-order valence-electron chi connectivity index (χ2n) is 6.03. The molecule has 4 nitrogen and oxygen atoms in total. The Hall–Kier alpha value is -1.03. The summed E-state index contributed by atoms with van der Waals surface area (Å²) in [6.07, 6.45) is 6.71. The molecule has 0 radical (unpaired) electrons. The lowest BCUT2D eigenvalue weighted by Crippen LogP contribution is -2.49. The molecular formula is C15H28N2O2. The van der Waals surface area contributed by atoms with Crippen LogP contribution in [-0.4, -0.2) is 41.8 Å². The normalized spacial score (nSPS) is 19.8. The first kappa shape index (κ1) is 16.0. The van der Waals surface area contributed by atoms with E-state index in [-0.39, 0.29) is 24.1 Å². The molecule has 1 rings (SSSR count). The Morgan fingerprint density at radius 2 is 2.16 bits per heavy atom. The van der Waals surface area contributed by atoms with Crippen molar-refractivity contribution in [3.05, 3.63) is 12.7 Å².